The van der Waals surface area contributed by atoms with E-state index in [0.29, 0.717) is 5.92 Å². The fraction of sp³-hybridized carbons (Fsp3) is 0.692. The number of fused-ring (bicyclic) bond motifs is 3. The molecule has 0 aliphatic heterocycles. The van der Waals surface area contributed by atoms with Gasteiger partial charge in [-0.2, -0.15) is 0 Å². The molecule has 1 heteroatoms. The maximum atomic E-state index is 2.92. The van der Waals surface area contributed by atoms with Gasteiger partial charge in [-0.1, -0.05) is 120 Å². The van der Waals surface area contributed by atoms with Gasteiger partial charge in [-0.15, -0.1) is 0 Å². The molecular formula is C39H56Si. The van der Waals surface area contributed by atoms with Crippen molar-refractivity contribution < 1.29 is 0 Å². The largest absolute Gasteiger partial charge is 0.0689 e. The van der Waals surface area contributed by atoms with E-state index in [-0.39, 0.29) is 0 Å². The average molecular weight is 553 g/mol. The Morgan fingerprint density at radius 1 is 0.700 bits per heavy atom. The molecule has 0 amide bonds. The van der Waals surface area contributed by atoms with E-state index in [4.69, 9.17) is 0 Å². The van der Waals surface area contributed by atoms with Crippen LogP contribution in [0.5, 0.6) is 0 Å². The van der Waals surface area contributed by atoms with Crippen molar-refractivity contribution in [1.82, 2.24) is 0 Å². The van der Waals surface area contributed by atoms with Crippen LogP contribution in [0, 0.1) is 47.3 Å². The van der Waals surface area contributed by atoms with Crippen molar-refractivity contribution >= 4 is 8.07 Å². The molecule has 0 saturated heterocycles. The van der Waals surface area contributed by atoms with Crippen LogP contribution in [0.4, 0.5) is 0 Å². The number of hydrogen-bond donors (Lipinski definition) is 0. The summed E-state index contributed by atoms with van der Waals surface area (Å²) < 4.78 is 0. The second-order valence-corrected chi connectivity index (χ2v) is 21.3. The topological polar surface area (TPSA) is 0 Å². The summed E-state index contributed by atoms with van der Waals surface area (Å²) in [6.07, 6.45) is 16.7. The summed E-state index contributed by atoms with van der Waals surface area (Å²) in [4.78, 5) is 0. The molecule has 0 aromatic heterocycles. The van der Waals surface area contributed by atoms with Crippen LogP contribution in [-0.4, -0.2) is 8.07 Å². The summed E-state index contributed by atoms with van der Waals surface area (Å²) in [5.41, 5.74) is 5.39. The van der Waals surface area contributed by atoms with E-state index >= 15 is 0 Å². The highest BCUT2D eigenvalue weighted by Crippen LogP contribution is 2.68. The molecular weight excluding hydrogens is 497 g/mol. The van der Waals surface area contributed by atoms with Crippen LogP contribution in [0.3, 0.4) is 0 Å². The van der Waals surface area contributed by atoms with Gasteiger partial charge in [0.2, 0.25) is 0 Å². The Morgan fingerprint density at radius 3 is 2.10 bits per heavy atom. The second-order valence-electron chi connectivity index (χ2n) is 16.2. The SMILES string of the molecule is CC(CC1CC([Si](C)(C)C2CC(C)C3C2C[C@@H]2CCC[C@@H]2C3c2ccccc2)C2CCCCC12)c1ccccc1. The summed E-state index contributed by atoms with van der Waals surface area (Å²) in [5, 5.41) is 0. The van der Waals surface area contributed by atoms with Crippen molar-refractivity contribution in [2.75, 3.05) is 0 Å². The minimum absolute atomic E-state index is 0.706. The first kappa shape index (κ1) is 27.5. The van der Waals surface area contributed by atoms with Gasteiger partial charge in [0.1, 0.15) is 0 Å². The van der Waals surface area contributed by atoms with Crippen molar-refractivity contribution in [3.63, 3.8) is 0 Å². The second kappa shape index (κ2) is 11.1. The molecule has 0 heterocycles. The zero-order valence-corrected chi connectivity index (χ0v) is 27.0. The monoisotopic (exact) mass is 552 g/mol. The van der Waals surface area contributed by atoms with E-state index in [9.17, 15) is 0 Å². The molecule has 10 unspecified atom stereocenters. The molecule has 12 atom stereocenters. The van der Waals surface area contributed by atoms with Crippen LogP contribution in [0.1, 0.15) is 107 Å². The van der Waals surface area contributed by atoms with E-state index in [1.54, 1.807) is 36.8 Å². The zero-order valence-electron chi connectivity index (χ0n) is 26.0. The standard InChI is InChI=1S/C39H56Si/c1-26(28-14-7-5-8-15-28)22-31-25-37(34-20-12-11-19-32(31)34)40(3,4)36-23-27(2)38-35(36)24-30-18-13-21-33(30)39(38)29-16-9-6-10-17-29/h5-10,14-17,26-27,30-39H,11-13,18-25H2,1-4H3/t26?,27?,30-,31?,32?,33-,34?,35?,36?,37?,38?,39?/m0/s1. The molecule has 0 N–H and O–H groups in total. The molecule has 5 saturated carbocycles. The lowest BCUT2D eigenvalue weighted by atomic mass is 9.60. The highest BCUT2D eigenvalue weighted by atomic mass is 28.3. The van der Waals surface area contributed by atoms with Crippen LogP contribution < -0.4 is 0 Å². The van der Waals surface area contributed by atoms with Gasteiger partial charge in [0.25, 0.3) is 0 Å². The van der Waals surface area contributed by atoms with Crippen molar-refractivity contribution in [2.24, 2.45) is 47.3 Å². The normalized spacial score (nSPS) is 41.8. The van der Waals surface area contributed by atoms with Crippen LogP contribution in [0.25, 0.3) is 0 Å². The quantitative estimate of drug-likeness (QED) is 0.313. The Bertz CT molecular complexity index is 1120. The summed E-state index contributed by atoms with van der Waals surface area (Å²) in [7, 11) is -1.44. The van der Waals surface area contributed by atoms with Crippen molar-refractivity contribution in [2.45, 2.75) is 120 Å². The first-order valence-electron chi connectivity index (χ1n) is 17.5. The Hall–Kier alpha value is -1.34. The van der Waals surface area contributed by atoms with Crippen LogP contribution in [0.2, 0.25) is 24.2 Å². The highest BCUT2D eigenvalue weighted by Gasteiger charge is 2.60. The molecule has 0 spiro atoms. The predicted molar refractivity (Wildman–Crippen MR) is 173 cm³/mol. The van der Waals surface area contributed by atoms with E-state index in [1.807, 2.05) is 0 Å². The van der Waals surface area contributed by atoms with Gasteiger partial charge in [0.05, 0.1) is 8.07 Å². The molecule has 0 nitrogen and oxygen atoms in total. The van der Waals surface area contributed by atoms with Gasteiger partial charge in [-0.3, -0.25) is 0 Å². The van der Waals surface area contributed by atoms with Gasteiger partial charge < -0.3 is 0 Å². The third-order valence-corrected chi connectivity index (χ3v) is 19.3. The van der Waals surface area contributed by atoms with E-state index in [2.05, 4.69) is 87.6 Å². The lowest BCUT2D eigenvalue weighted by Gasteiger charge is -2.49. The zero-order chi connectivity index (χ0) is 27.4. The van der Waals surface area contributed by atoms with E-state index in [0.717, 1.165) is 64.3 Å². The summed E-state index contributed by atoms with van der Waals surface area (Å²) in [5.74, 6) is 9.41. The van der Waals surface area contributed by atoms with Gasteiger partial charge >= 0.3 is 0 Å². The van der Waals surface area contributed by atoms with Crippen molar-refractivity contribution in [3.8, 4) is 0 Å². The molecule has 2 aromatic carbocycles. The smallest absolute Gasteiger partial charge is 0.0541 e. The third kappa shape index (κ3) is 4.69. The predicted octanol–water partition coefficient (Wildman–Crippen LogP) is 11.3. The molecule has 40 heavy (non-hydrogen) atoms. The fourth-order valence-electron chi connectivity index (χ4n) is 12.6. The number of benzene rings is 2. The Kier molecular flexibility index (Phi) is 7.60. The van der Waals surface area contributed by atoms with Crippen molar-refractivity contribution in [1.29, 1.82) is 0 Å². The van der Waals surface area contributed by atoms with Crippen molar-refractivity contribution in [3.05, 3.63) is 71.8 Å². The lowest BCUT2D eigenvalue weighted by Crippen LogP contribution is -2.45. The highest BCUT2D eigenvalue weighted by molar-refractivity contribution is 6.80. The minimum atomic E-state index is -1.44. The Balaban J connectivity index is 1.16. The van der Waals surface area contributed by atoms with Crippen LogP contribution >= 0.6 is 0 Å². The van der Waals surface area contributed by atoms with Gasteiger partial charge in [-0.05, 0) is 120 Å². The average Bonchev–Trinajstić information content (AvgIpc) is 3.69. The minimum Gasteiger partial charge on any atom is -0.0689 e. The first-order valence-corrected chi connectivity index (χ1v) is 20.7. The molecule has 5 aliphatic carbocycles. The molecule has 5 aliphatic rings. The lowest BCUT2D eigenvalue weighted by molar-refractivity contribution is 0.1000. The van der Waals surface area contributed by atoms with Gasteiger partial charge in [0.15, 0.2) is 0 Å². The Labute approximate surface area is 247 Å². The third-order valence-electron chi connectivity index (χ3n) is 14.1. The molecule has 7 rings (SSSR count). The molecule has 2 aromatic rings. The summed E-state index contributed by atoms with van der Waals surface area (Å²) in [6.45, 7) is 11.1. The maximum absolute atomic E-state index is 2.92. The van der Waals surface area contributed by atoms with E-state index in [1.165, 1.54) is 44.9 Å². The van der Waals surface area contributed by atoms with Gasteiger partial charge in [-0.25, -0.2) is 0 Å². The number of hydrogen-bond acceptors (Lipinski definition) is 0. The van der Waals surface area contributed by atoms with Crippen LogP contribution in [0.15, 0.2) is 60.7 Å². The summed E-state index contributed by atoms with van der Waals surface area (Å²) >= 11 is 0. The Morgan fingerprint density at radius 2 is 1.35 bits per heavy atom. The number of rotatable bonds is 6. The maximum Gasteiger partial charge on any atom is 0.0541 e. The first-order chi connectivity index (χ1) is 19.4. The molecule has 216 valence electrons. The molecule has 0 bridgehead atoms. The molecule has 5 fully saturated rings. The van der Waals surface area contributed by atoms with Crippen LogP contribution in [-0.2, 0) is 0 Å². The molecule has 0 radical (unpaired) electrons. The van der Waals surface area contributed by atoms with Gasteiger partial charge in [0, 0.05) is 0 Å². The van der Waals surface area contributed by atoms with E-state index < -0.39 is 8.07 Å². The summed E-state index contributed by atoms with van der Waals surface area (Å²) in [6, 6.07) is 23.4. The fourth-order valence-corrected chi connectivity index (χ4v) is 18.0.